The highest BCUT2D eigenvalue weighted by Gasteiger charge is 2.11. The molecular weight excluding hydrogens is 340 g/mol. The first-order valence-corrected chi connectivity index (χ1v) is 8.96. The summed E-state index contributed by atoms with van der Waals surface area (Å²) < 4.78 is 9.73. The molecule has 0 N–H and O–H groups in total. The molecule has 8 heteroatoms. The van der Waals surface area contributed by atoms with E-state index in [0.717, 1.165) is 12.2 Å². The van der Waals surface area contributed by atoms with Crippen LogP contribution in [-0.4, -0.2) is 72.9 Å². The number of carbonyl (C=O) groups excluding carboxylic acids is 4. The Morgan fingerprint density at radius 3 is 1.23 bits per heavy atom. The molecule has 0 bridgehead atoms. The van der Waals surface area contributed by atoms with Gasteiger partial charge in [0.05, 0.1) is 12.8 Å². The normalized spacial score (nSPS) is 10.5. The van der Waals surface area contributed by atoms with E-state index < -0.39 is 11.9 Å². The maximum absolute atomic E-state index is 11.7. The van der Waals surface area contributed by atoms with Crippen LogP contribution in [0, 0.1) is 0 Å². The van der Waals surface area contributed by atoms with Gasteiger partial charge in [0.1, 0.15) is 13.2 Å². The van der Waals surface area contributed by atoms with E-state index in [9.17, 15) is 19.2 Å². The number of hydrogen-bond donors (Lipinski definition) is 0. The van der Waals surface area contributed by atoms with E-state index in [4.69, 9.17) is 9.47 Å². The molecule has 0 unspecified atom stereocenters. The maximum atomic E-state index is 11.7. The predicted octanol–water partition coefficient (Wildman–Crippen LogP) is 1.15. The lowest BCUT2D eigenvalue weighted by atomic mass is 10.3. The molecule has 0 aromatic rings. The summed E-state index contributed by atoms with van der Waals surface area (Å²) >= 11 is 0. The molecule has 0 aliphatic heterocycles. The topological polar surface area (TPSA) is 93.2 Å². The minimum Gasteiger partial charge on any atom is -0.462 e. The first kappa shape index (κ1) is 23.6. The van der Waals surface area contributed by atoms with E-state index in [0.29, 0.717) is 26.2 Å². The van der Waals surface area contributed by atoms with Gasteiger partial charge < -0.3 is 19.3 Å². The third kappa shape index (κ3) is 9.80. The van der Waals surface area contributed by atoms with Crippen molar-refractivity contribution < 1.29 is 28.7 Å². The van der Waals surface area contributed by atoms with Gasteiger partial charge in [-0.3, -0.25) is 9.59 Å². The maximum Gasteiger partial charge on any atom is 0.331 e. The van der Waals surface area contributed by atoms with Gasteiger partial charge in [-0.05, 0) is 27.7 Å². The molecule has 148 valence electrons. The van der Waals surface area contributed by atoms with Crippen molar-refractivity contribution in [3.8, 4) is 0 Å². The van der Waals surface area contributed by atoms with Crippen LogP contribution < -0.4 is 0 Å². The first-order valence-electron chi connectivity index (χ1n) is 8.96. The summed E-state index contributed by atoms with van der Waals surface area (Å²) in [6, 6.07) is 0. The largest absolute Gasteiger partial charge is 0.462 e. The van der Waals surface area contributed by atoms with Crippen LogP contribution in [-0.2, 0) is 28.7 Å². The zero-order chi connectivity index (χ0) is 19.9. The lowest BCUT2D eigenvalue weighted by Gasteiger charge is -2.18. The van der Waals surface area contributed by atoms with Crippen molar-refractivity contribution in [2.75, 3.05) is 39.4 Å². The minimum atomic E-state index is -0.728. The lowest BCUT2D eigenvalue weighted by molar-refractivity contribution is -0.143. The Labute approximate surface area is 155 Å². The number of hydrogen-bond acceptors (Lipinski definition) is 6. The molecule has 0 rings (SSSR count). The minimum absolute atomic E-state index is 0.0497. The molecule has 0 aliphatic rings. The van der Waals surface area contributed by atoms with Crippen molar-refractivity contribution >= 4 is 23.8 Å². The van der Waals surface area contributed by atoms with Gasteiger partial charge in [-0.2, -0.15) is 0 Å². The fourth-order valence-corrected chi connectivity index (χ4v) is 2.18. The number of carbonyl (C=O) groups is 4. The molecule has 0 atom stereocenters. The summed E-state index contributed by atoms with van der Waals surface area (Å²) in [7, 11) is 0. The Morgan fingerprint density at radius 1 is 0.654 bits per heavy atom. The fraction of sp³-hybridized carbons (Fsp3) is 0.667. The molecule has 8 nitrogen and oxygen atoms in total. The van der Waals surface area contributed by atoms with Crippen LogP contribution in [0.2, 0.25) is 0 Å². The second kappa shape index (κ2) is 13.9. The van der Waals surface area contributed by atoms with E-state index in [1.54, 1.807) is 9.80 Å². The smallest absolute Gasteiger partial charge is 0.331 e. The Bertz CT molecular complexity index is 452. The van der Waals surface area contributed by atoms with Gasteiger partial charge >= 0.3 is 11.9 Å². The molecule has 26 heavy (non-hydrogen) atoms. The van der Waals surface area contributed by atoms with Gasteiger partial charge in [0.15, 0.2) is 0 Å². The van der Waals surface area contributed by atoms with Crippen molar-refractivity contribution in [1.82, 2.24) is 9.80 Å². The third-order valence-electron chi connectivity index (χ3n) is 3.71. The van der Waals surface area contributed by atoms with Gasteiger partial charge in [0.2, 0.25) is 11.8 Å². The molecule has 0 saturated carbocycles. The predicted molar refractivity (Wildman–Crippen MR) is 96.1 cm³/mol. The van der Waals surface area contributed by atoms with Crippen LogP contribution in [0.1, 0.15) is 40.5 Å². The average molecular weight is 370 g/mol. The second-order valence-corrected chi connectivity index (χ2v) is 5.30. The highest BCUT2D eigenvalue weighted by molar-refractivity contribution is 5.91. The summed E-state index contributed by atoms with van der Waals surface area (Å²) in [5.74, 6) is -1.64. The summed E-state index contributed by atoms with van der Waals surface area (Å²) in [6.45, 7) is 9.80. The van der Waals surface area contributed by atoms with Crippen LogP contribution >= 0.6 is 0 Å². The van der Waals surface area contributed by atoms with Gasteiger partial charge in [-0.1, -0.05) is 0 Å². The Balaban J connectivity index is 4.04. The molecular formula is C18H30N2O6. The van der Waals surface area contributed by atoms with Crippen molar-refractivity contribution in [3.63, 3.8) is 0 Å². The van der Waals surface area contributed by atoms with E-state index >= 15 is 0 Å². The summed E-state index contributed by atoms with van der Waals surface area (Å²) in [6.07, 6.45) is 2.07. The number of nitrogens with zero attached hydrogens (tertiary/aromatic N) is 2. The molecule has 0 heterocycles. The highest BCUT2D eigenvalue weighted by Crippen LogP contribution is 1.97. The Morgan fingerprint density at radius 2 is 0.962 bits per heavy atom. The summed E-state index contributed by atoms with van der Waals surface area (Å²) in [5, 5.41) is 0. The lowest BCUT2D eigenvalue weighted by Crippen LogP contribution is -2.31. The fourth-order valence-electron chi connectivity index (χ4n) is 2.18. The van der Waals surface area contributed by atoms with Crippen LogP contribution in [0.15, 0.2) is 12.2 Å². The molecule has 0 aliphatic carbocycles. The number of ether oxygens (including phenoxy) is 2. The number of esters is 2. The zero-order valence-electron chi connectivity index (χ0n) is 16.2. The zero-order valence-corrected chi connectivity index (χ0v) is 16.2. The molecule has 0 spiro atoms. The molecule has 0 aromatic heterocycles. The molecule has 0 fully saturated rings. The van der Waals surface area contributed by atoms with Crippen LogP contribution in [0.25, 0.3) is 0 Å². The van der Waals surface area contributed by atoms with Gasteiger partial charge in [-0.15, -0.1) is 0 Å². The van der Waals surface area contributed by atoms with Gasteiger partial charge in [-0.25, -0.2) is 9.59 Å². The highest BCUT2D eigenvalue weighted by atomic mass is 16.5. The van der Waals surface area contributed by atoms with Crippen molar-refractivity contribution in [2.45, 2.75) is 40.5 Å². The van der Waals surface area contributed by atoms with Crippen LogP contribution in [0.4, 0.5) is 0 Å². The monoisotopic (exact) mass is 370 g/mol. The van der Waals surface area contributed by atoms with Gasteiger partial charge in [0.25, 0.3) is 0 Å². The summed E-state index contributed by atoms with van der Waals surface area (Å²) in [5.41, 5.74) is 0. The van der Waals surface area contributed by atoms with Crippen molar-refractivity contribution in [2.24, 2.45) is 0 Å². The second-order valence-electron chi connectivity index (χ2n) is 5.30. The van der Waals surface area contributed by atoms with E-state index in [-0.39, 0.29) is 37.9 Å². The van der Waals surface area contributed by atoms with Crippen molar-refractivity contribution in [3.05, 3.63) is 12.2 Å². The number of amides is 2. The van der Waals surface area contributed by atoms with Crippen LogP contribution in [0.3, 0.4) is 0 Å². The Kier molecular flexibility index (Phi) is 12.6. The molecule has 0 radical (unpaired) electrons. The summed E-state index contributed by atoms with van der Waals surface area (Å²) in [4.78, 5) is 49.7. The standard InChI is InChI=1S/C18H30N2O6/c1-5-19(6-2)15(21)11-13-25-17(23)9-10-18(24)26-14-12-16(22)20(7-3)8-4/h9-10H,5-8,11-14H2,1-4H3/b10-9+. The molecule has 2 amide bonds. The molecule has 0 aromatic carbocycles. The van der Waals surface area contributed by atoms with E-state index in [2.05, 4.69) is 0 Å². The molecule has 0 saturated heterocycles. The van der Waals surface area contributed by atoms with E-state index in [1.807, 2.05) is 27.7 Å². The van der Waals surface area contributed by atoms with E-state index in [1.165, 1.54) is 0 Å². The first-order chi connectivity index (χ1) is 12.4. The SMILES string of the molecule is CCN(CC)C(=O)CCOC(=O)/C=C/C(=O)OCCC(=O)N(CC)CC. The average Bonchev–Trinajstić information content (AvgIpc) is 2.62. The van der Waals surface area contributed by atoms with Crippen molar-refractivity contribution in [1.29, 1.82) is 0 Å². The third-order valence-corrected chi connectivity index (χ3v) is 3.71. The quantitative estimate of drug-likeness (QED) is 0.378. The number of rotatable bonds is 12. The van der Waals surface area contributed by atoms with Crippen LogP contribution in [0.5, 0.6) is 0 Å². The Hall–Kier alpha value is -2.38. The van der Waals surface area contributed by atoms with Gasteiger partial charge in [0, 0.05) is 38.3 Å².